The molecule has 4 aliphatic rings. The molecule has 0 atom stereocenters. The van der Waals surface area contributed by atoms with E-state index < -0.39 is 0 Å². The number of hydrogen-bond donors (Lipinski definition) is 0. The fourth-order valence-electron chi connectivity index (χ4n) is 8.35. The van der Waals surface area contributed by atoms with Gasteiger partial charge in [0.1, 0.15) is 37.8 Å². The van der Waals surface area contributed by atoms with Crippen LogP contribution in [0.1, 0.15) is 84.7 Å². The molecule has 54 heavy (non-hydrogen) atoms. The molecule has 0 unspecified atom stereocenters. The SMILES string of the molecule is CN1CCOc2cc(/C=C3\CCCc4c[n+](CCCCSSCCCC[n+]5ccc6c(c5)CCC/C6=C\c5ccc6c(c5)OCCN6C)ccc43)ccc21. The van der Waals surface area contributed by atoms with Gasteiger partial charge in [0.25, 0.3) is 0 Å². The molecule has 0 bridgehead atoms. The van der Waals surface area contributed by atoms with Crippen molar-refractivity contribution in [1.29, 1.82) is 0 Å². The van der Waals surface area contributed by atoms with Crippen molar-refractivity contribution in [3.63, 3.8) is 0 Å². The molecule has 0 amide bonds. The van der Waals surface area contributed by atoms with Crippen molar-refractivity contribution >= 4 is 56.3 Å². The second kappa shape index (κ2) is 17.7. The van der Waals surface area contributed by atoms with Gasteiger partial charge in [-0.15, -0.1) is 0 Å². The summed E-state index contributed by atoms with van der Waals surface area (Å²) in [6, 6.07) is 18.0. The molecule has 2 aliphatic carbocycles. The molecular weight excluding hydrogens is 705 g/mol. The Kier molecular flexibility index (Phi) is 12.2. The van der Waals surface area contributed by atoms with Crippen LogP contribution >= 0.6 is 21.6 Å². The molecule has 0 fully saturated rings. The third-order valence-electron chi connectivity index (χ3n) is 11.4. The average molecular weight is 761 g/mol. The van der Waals surface area contributed by atoms with Gasteiger partial charge < -0.3 is 19.3 Å². The number of unbranched alkanes of at least 4 members (excludes halogenated alkanes) is 2. The summed E-state index contributed by atoms with van der Waals surface area (Å²) in [5.74, 6) is 4.47. The van der Waals surface area contributed by atoms with E-state index in [2.05, 4.69) is 140 Å². The Balaban J connectivity index is 0.734. The molecular formula is C46H56N4O2S2+2. The predicted octanol–water partition coefficient (Wildman–Crippen LogP) is 9.31. The first-order chi connectivity index (χ1) is 26.6. The molecule has 0 radical (unpaired) electrons. The van der Waals surface area contributed by atoms with Gasteiger partial charge in [-0.25, -0.2) is 9.13 Å². The number of fused-ring (bicyclic) bond motifs is 4. The van der Waals surface area contributed by atoms with Crippen LogP contribution in [0.3, 0.4) is 0 Å². The van der Waals surface area contributed by atoms with E-state index in [1.165, 1.54) is 119 Å². The molecule has 8 rings (SSSR count). The van der Waals surface area contributed by atoms with Gasteiger partial charge in [-0.3, -0.25) is 0 Å². The largest absolute Gasteiger partial charge is 0.490 e. The van der Waals surface area contributed by atoms with Crippen LogP contribution in [0.2, 0.25) is 0 Å². The summed E-state index contributed by atoms with van der Waals surface area (Å²) in [5.41, 5.74) is 13.6. The number of likely N-dealkylation sites (N-methyl/N-ethyl adjacent to an activating group) is 2. The number of aromatic nitrogens is 2. The molecule has 8 heteroatoms. The Bertz CT molecular complexity index is 1870. The quantitative estimate of drug-likeness (QED) is 0.0768. The van der Waals surface area contributed by atoms with Crippen molar-refractivity contribution in [2.45, 2.75) is 77.3 Å². The van der Waals surface area contributed by atoms with Crippen molar-refractivity contribution in [1.82, 2.24) is 0 Å². The van der Waals surface area contributed by atoms with E-state index in [0.717, 1.165) is 63.7 Å². The van der Waals surface area contributed by atoms with E-state index in [1.54, 1.807) is 0 Å². The van der Waals surface area contributed by atoms with Crippen molar-refractivity contribution < 1.29 is 18.6 Å². The summed E-state index contributed by atoms with van der Waals surface area (Å²) >= 11 is 0. The van der Waals surface area contributed by atoms with Crippen LogP contribution in [0.5, 0.6) is 11.5 Å². The Labute approximate surface area is 330 Å². The average Bonchev–Trinajstić information content (AvgIpc) is 3.19. The molecule has 2 aliphatic heterocycles. The summed E-state index contributed by atoms with van der Waals surface area (Å²) in [6.45, 7) is 5.61. The van der Waals surface area contributed by atoms with Gasteiger partial charge >= 0.3 is 0 Å². The van der Waals surface area contributed by atoms with Crippen molar-refractivity contribution in [3.05, 3.63) is 107 Å². The third kappa shape index (κ3) is 8.97. The van der Waals surface area contributed by atoms with E-state index in [9.17, 15) is 0 Å². The lowest BCUT2D eigenvalue weighted by molar-refractivity contribution is -0.697. The maximum atomic E-state index is 5.97. The first-order valence-corrected chi connectivity index (χ1v) is 22.7. The third-order valence-corrected chi connectivity index (χ3v) is 14.0. The minimum absolute atomic E-state index is 0.757. The maximum absolute atomic E-state index is 5.97. The minimum atomic E-state index is 0.757. The zero-order valence-corrected chi connectivity index (χ0v) is 33.9. The number of anilines is 2. The zero-order valence-electron chi connectivity index (χ0n) is 32.2. The van der Waals surface area contributed by atoms with Gasteiger partial charge in [-0.05, 0) is 109 Å². The van der Waals surface area contributed by atoms with E-state index in [0.29, 0.717) is 0 Å². The monoisotopic (exact) mass is 760 g/mol. The number of allylic oxidation sites excluding steroid dienone is 2. The van der Waals surface area contributed by atoms with Crippen LogP contribution in [0, 0.1) is 0 Å². The molecule has 6 nitrogen and oxygen atoms in total. The van der Waals surface area contributed by atoms with Crippen LogP contribution in [-0.2, 0) is 25.9 Å². The zero-order chi connectivity index (χ0) is 36.7. The molecule has 0 saturated carbocycles. The molecule has 0 N–H and O–H groups in total. The predicted molar refractivity (Wildman–Crippen MR) is 229 cm³/mol. The molecule has 0 saturated heterocycles. The first-order valence-electron chi connectivity index (χ1n) is 20.2. The highest BCUT2D eigenvalue weighted by Crippen LogP contribution is 2.37. The van der Waals surface area contributed by atoms with Crippen LogP contribution in [0.25, 0.3) is 23.3 Å². The minimum Gasteiger partial charge on any atom is -0.490 e. The van der Waals surface area contributed by atoms with Crippen LogP contribution in [0.4, 0.5) is 11.4 Å². The number of nitrogens with zero attached hydrogens (tertiary/aromatic N) is 4. The number of pyridine rings is 2. The van der Waals surface area contributed by atoms with E-state index >= 15 is 0 Å². The molecule has 282 valence electrons. The maximum Gasteiger partial charge on any atom is 0.172 e. The lowest BCUT2D eigenvalue weighted by atomic mass is 9.87. The molecule has 2 aromatic heterocycles. The summed E-state index contributed by atoms with van der Waals surface area (Å²) in [7, 11) is 8.40. The molecule has 2 aromatic carbocycles. The lowest BCUT2D eigenvalue weighted by Gasteiger charge is -2.27. The fraction of sp³-hybridized carbons (Fsp3) is 0.435. The van der Waals surface area contributed by atoms with E-state index in [1.807, 2.05) is 0 Å². The highest BCUT2D eigenvalue weighted by Gasteiger charge is 2.21. The molecule has 0 spiro atoms. The van der Waals surface area contributed by atoms with Gasteiger partial charge in [-0.2, -0.15) is 0 Å². The van der Waals surface area contributed by atoms with Crippen molar-refractivity contribution in [3.8, 4) is 11.5 Å². The highest BCUT2D eigenvalue weighted by molar-refractivity contribution is 8.76. The lowest BCUT2D eigenvalue weighted by Crippen LogP contribution is -2.34. The summed E-state index contributed by atoms with van der Waals surface area (Å²) in [6.07, 6.45) is 26.2. The number of hydrogen-bond acceptors (Lipinski definition) is 6. The smallest absolute Gasteiger partial charge is 0.172 e. The van der Waals surface area contributed by atoms with Crippen LogP contribution in [-0.4, -0.2) is 51.9 Å². The van der Waals surface area contributed by atoms with Crippen molar-refractivity contribution in [2.75, 3.05) is 61.7 Å². The Hall–Kier alpha value is -3.88. The second-order valence-corrected chi connectivity index (χ2v) is 18.0. The molecule has 4 heterocycles. The number of ether oxygens (including phenoxy) is 2. The van der Waals surface area contributed by atoms with Gasteiger partial charge in [0.05, 0.1) is 24.5 Å². The summed E-state index contributed by atoms with van der Waals surface area (Å²) in [5, 5.41) is 0. The highest BCUT2D eigenvalue weighted by atomic mass is 33.1. The van der Waals surface area contributed by atoms with Crippen LogP contribution in [0.15, 0.2) is 73.3 Å². The standard InChI is InChI=1S/C46H56N4O2S2/c1-47-23-25-51-45-31-35(13-15-43(45)47)29-37-9-7-11-39-33-49(21-17-41(37)39)19-3-5-27-53-54-28-6-4-20-50-22-18-42-38(10-8-12-40(42)34-50)30-36-14-16-44-46(32-36)52-26-24-48(44)2/h13-18,21-22,29-34H,3-12,19-20,23-28H2,1-2H3/q+2. The fourth-order valence-corrected chi connectivity index (χ4v) is 10.6. The van der Waals surface area contributed by atoms with Gasteiger partial charge in [0.15, 0.2) is 24.8 Å². The Morgan fingerprint density at radius 3 is 1.57 bits per heavy atom. The first kappa shape index (κ1) is 37.1. The van der Waals surface area contributed by atoms with Gasteiger partial charge in [0.2, 0.25) is 0 Å². The van der Waals surface area contributed by atoms with Gasteiger partial charge in [0, 0.05) is 61.7 Å². The van der Waals surface area contributed by atoms with E-state index in [4.69, 9.17) is 9.47 Å². The van der Waals surface area contributed by atoms with Crippen LogP contribution < -0.4 is 28.4 Å². The second-order valence-electron chi connectivity index (χ2n) is 15.3. The Morgan fingerprint density at radius 1 is 0.611 bits per heavy atom. The Morgan fingerprint density at radius 2 is 1.09 bits per heavy atom. The number of benzene rings is 2. The normalized spacial score (nSPS) is 17.7. The van der Waals surface area contributed by atoms with Crippen molar-refractivity contribution in [2.24, 2.45) is 0 Å². The summed E-state index contributed by atoms with van der Waals surface area (Å²) < 4.78 is 16.8. The van der Waals surface area contributed by atoms with E-state index in [-0.39, 0.29) is 0 Å². The molecule has 4 aromatic rings. The summed E-state index contributed by atoms with van der Waals surface area (Å²) in [4.78, 5) is 4.56. The topological polar surface area (TPSA) is 32.7 Å². The number of rotatable bonds is 13. The van der Waals surface area contributed by atoms with Gasteiger partial charge in [-0.1, -0.05) is 45.9 Å². The number of aryl methyl sites for hydroxylation is 4.